The molecule has 0 heterocycles. The maximum atomic E-state index is 8.63. The monoisotopic (exact) mass is 260 g/mol. The third-order valence-electron chi connectivity index (χ3n) is 4.69. The Hall–Kier alpha value is -0.970. The number of rotatable bonds is 5. The largest absolute Gasteiger partial charge is 0.372 e. The molecule has 0 N–H and O–H groups in total. The predicted molar refractivity (Wildman–Crippen MR) is 79.6 cm³/mol. The SMILES string of the molecule is N#CCCC=CN(C1CCCCC1)C1CCCCC1. The van der Waals surface area contributed by atoms with Crippen LogP contribution >= 0.6 is 0 Å². The Morgan fingerprint density at radius 1 is 0.895 bits per heavy atom. The topological polar surface area (TPSA) is 27.0 Å². The van der Waals surface area contributed by atoms with Gasteiger partial charge in [0.05, 0.1) is 6.07 Å². The van der Waals surface area contributed by atoms with Crippen LogP contribution in [0.5, 0.6) is 0 Å². The van der Waals surface area contributed by atoms with Gasteiger partial charge in [-0.05, 0) is 38.3 Å². The van der Waals surface area contributed by atoms with Crippen molar-refractivity contribution in [1.82, 2.24) is 4.90 Å². The normalized spacial score (nSPS) is 22.5. The number of hydrogen-bond acceptors (Lipinski definition) is 2. The zero-order valence-electron chi connectivity index (χ0n) is 12.2. The molecule has 2 aliphatic rings. The Labute approximate surface area is 118 Å². The van der Waals surface area contributed by atoms with Crippen LogP contribution in [0.2, 0.25) is 0 Å². The molecule has 2 saturated carbocycles. The van der Waals surface area contributed by atoms with Gasteiger partial charge < -0.3 is 4.90 Å². The lowest BCUT2D eigenvalue weighted by atomic mass is 9.89. The molecule has 0 bridgehead atoms. The van der Waals surface area contributed by atoms with E-state index in [1.54, 1.807) is 0 Å². The first-order chi connectivity index (χ1) is 9.42. The zero-order chi connectivity index (χ0) is 13.3. The maximum Gasteiger partial charge on any atom is 0.0625 e. The summed E-state index contributed by atoms with van der Waals surface area (Å²) in [6.45, 7) is 0. The van der Waals surface area contributed by atoms with Crippen molar-refractivity contribution in [3.05, 3.63) is 12.3 Å². The first-order valence-electron chi connectivity index (χ1n) is 8.23. The summed E-state index contributed by atoms with van der Waals surface area (Å²) in [5.74, 6) is 0. The smallest absolute Gasteiger partial charge is 0.0625 e. The standard InChI is InChI=1S/C17H28N2/c18-14-8-3-9-15-19(16-10-4-1-5-11-16)17-12-6-2-7-13-17/h9,15-17H,1-8,10-13H2. The summed E-state index contributed by atoms with van der Waals surface area (Å²) < 4.78 is 0. The Morgan fingerprint density at radius 3 is 1.89 bits per heavy atom. The van der Waals surface area contributed by atoms with E-state index in [-0.39, 0.29) is 0 Å². The molecule has 0 aromatic heterocycles. The van der Waals surface area contributed by atoms with Crippen LogP contribution in [0.25, 0.3) is 0 Å². The van der Waals surface area contributed by atoms with E-state index in [1.807, 2.05) is 0 Å². The number of nitrogens with zero attached hydrogens (tertiary/aromatic N) is 2. The lowest BCUT2D eigenvalue weighted by molar-refractivity contribution is 0.133. The molecular formula is C17H28N2. The van der Waals surface area contributed by atoms with E-state index in [1.165, 1.54) is 64.2 Å². The third-order valence-corrected chi connectivity index (χ3v) is 4.69. The van der Waals surface area contributed by atoms with E-state index in [4.69, 9.17) is 5.26 Å². The molecule has 2 fully saturated rings. The van der Waals surface area contributed by atoms with Crippen LogP contribution < -0.4 is 0 Å². The molecule has 19 heavy (non-hydrogen) atoms. The molecule has 0 spiro atoms. The summed E-state index contributed by atoms with van der Waals surface area (Å²) in [7, 11) is 0. The summed E-state index contributed by atoms with van der Waals surface area (Å²) in [5.41, 5.74) is 0. The molecule has 0 saturated heterocycles. The maximum absolute atomic E-state index is 8.63. The molecule has 106 valence electrons. The first-order valence-corrected chi connectivity index (χ1v) is 8.23. The Morgan fingerprint density at radius 2 is 1.42 bits per heavy atom. The fourth-order valence-electron chi connectivity index (χ4n) is 3.64. The van der Waals surface area contributed by atoms with Crippen molar-refractivity contribution in [2.24, 2.45) is 0 Å². The van der Waals surface area contributed by atoms with Crippen molar-refractivity contribution in [1.29, 1.82) is 5.26 Å². The molecule has 2 aliphatic carbocycles. The van der Waals surface area contributed by atoms with Crippen LogP contribution in [0.1, 0.15) is 77.0 Å². The van der Waals surface area contributed by atoms with E-state index in [0.29, 0.717) is 6.42 Å². The van der Waals surface area contributed by atoms with Gasteiger partial charge >= 0.3 is 0 Å². The van der Waals surface area contributed by atoms with Crippen molar-refractivity contribution in [3.8, 4) is 6.07 Å². The number of allylic oxidation sites excluding steroid dienone is 1. The van der Waals surface area contributed by atoms with Crippen molar-refractivity contribution in [2.75, 3.05) is 0 Å². The van der Waals surface area contributed by atoms with Crippen LogP contribution in [0, 0.1) is 11.3 Å². The second-order valence-electron chi connectivity index (χ2n) is 6.11. The van der Waals surface area contributed by atoms with Crippen molar-refractivity contribution in [2.45, 2.75) is 89.1 Å². The first kappa shape index (κ1) is 14.4. The van der Waals surface area contributed by atoms with Crippen LogP contribution in [-0.4, -0.2) is 17.0 Å². The highest BCUT2D eigenvalue weighted by atomic mass is 15.2. The Bertz CT molecular complexity index is 286. The number of nitriles is 1. The molecule has 2 nitrogen and oxygen atoms in total. The summed E-state index contributed by atoms with van der Waals surface area (Å²) in [6, 6.07) is 3.78. The van der Waals surface area contributed by atoms with Gasteiger partial charge in [-0.1, -0.05) is 44.6 Å². The van der Waals surface area contributed by atoms with Crippen molar-refractivity contribution in [3.63, 3.8) is 0 Å². The minimum absolute atomic E-state index is 0.652. The summed E-state index contributed by atoms with van der Waals surface area (Å²) in [5, 5.41) is 8.63. The highest BCUT2D eigenvalue weighted by Gasteiger charge is 2.26. The molecule has 0 unspecified atom stereocenters. The highest BCUT2D eigenvalue weighted by molar-refractivity contribution is 4.94. The van der Waals surface area contributed by atoms with E-state index in [2.05, 4.69) is 23.2 Å². The fraction of sp³-hybridized carbons (Fsp3) is 0.824. The van der Waals surface area contributed by atoms with E-state index < -0.39 is 0 Å². The number of unbranched alkanes of at least 4 members (excludes halogenated alkanes) is 1. The summed E-state index contributed by atoms with van der Waals surface area (Å²) in [6.07, 6.45) is 20.1. The molecule has 2 heteroatoms. The summed E-state index contributed by atoms with van der Waals surface area (Å²) in [4.78, 5) is 2.68. The van der Waals surface area contributed by atoms with Crippen molar-refractivity contribution >= 4 is 0 Å². The minimum Gasteiger partial charge on any atom is -0.372 e. The van der Waals surface area contributed by atoms with Crippen LogP contribution in [0.15, 0.2) is 12.3 Å². The second kappa shape index (κ2) is 8.25. The van der Waals surface area contributed by atoms with Gasteiger partial charge in [0.15, 0.2) is 0 Å². The van der Waals surface area contributed by atoms with Gasteiger partial charge in [-0.25, -0.2) is 0 Å². The Balaban J connectivity index is 1.94. The van der Waals surface area contributed by atoms with Crippen LogP contribution in [-0.2, 0) is 0 Å². The molecule has 2 rings (SSSR count). The quantitative estimate of drug-likeness (QED) is 0.666. The lowest BCUT2D eigenvalue weighted by Crippen LogP contribution is -2.41. The minimum atomic E-state index is 0.652. The van der Waals surface area contributed by atoms with E-state index in [9.17, 15) is 0 Å². The van der Waals surface area contributed by atoms with Gasteiger partial charge in [0.1, 0.15) is 0 Å². The van der Waals surface area contributed by atoms with Crippen molar-refractivity contribution < 1.29 is 0 Å². The average molecular weight is 260 g/mol. The molecular weight excluding hydrogens is 232 g/mol. The van der Waals surface area contributed by atoms with Gasteiger partial charge in [0.2, 0.25) is 0 Å². The molecule has 0 amide bonds. The van der Waals surface area contributed by atoms with E-state index in [0.717, 1.165) is 18.5 Å². The third kappa shape index (κ3) is 4.56. The van der Waals surface area contributed by atoms with E-state index >= 15 is 0 Å². The Kier molecular flexibility index (Phi) is 6.27. The highest BCUT2D eigenvalue weighted by Crippen LogP contribution is 2.30. The van der Waals surface area contributed by atoms with Gasteiger partial charge in [0, 0.05) is 18.5 Å². The number of hydrogen-bond donors (Lipinski definition) is 0. The van der Waals surface area contributed by atoms with Gasteiger partial charge in [0.25, 0.3) is 0 Å². The predicted octanol–water partition coefficient (Wildman–Crippen LogP) is 4.77. The van der Waals surface area contributed by atoms with Gasteiger partial charge in [-0.3, -0.25) is 0 Å². The molecule has 0 aromatic rings. The second-order valence-corrected chi connectivity index (χ2v) is 6.11. The molecule has 0 radical (unpaired) electrons. The van der Waals surface area contributed by atoms with Gasteiger partial charge in [-0.2, -0.15) is 5.26 Å². The molecule has 0 atom stereocenters. The fourth-order valence-corrected chi connectivity index (χ4v) is 3.64. The molecule has 0 aromatic carbocycles. The van der Waals surface area contributed by atoms with Crippen LogP contribution in [0.4, 0.5) is 0 Å². The average Bonchev–Trinajstić information content (AvgIpc) is 2.49. The lowest BCUT2D eigenvalue weighted by Gasteiger charge is -2.41. The molecule has 0 aliphatic heterocycles. The van der Waals surface area contributed by atoms with Crippen LogP contribution in [0.3, 0.4) is 0 Å². The van der Waals surface area contributed by atoms with Gasteiger partial charge in [-0.15, -0.1) is 0 Å². The summed E-state index contributed by atoms with van der Waals surface area (Å²) >= 11 is 0. The zero-order valence-corrected chi connectivity index (χ0v) is 12.2.